The molecule has 0 bridgehead atoms. The highest BCUT2D eigenvalue weighted by molar-refractivity contribution is 5.66. The van der Waals surface area contributed by atoms with Crippen LogP contribution in [0.3, 0.4) is 0 Å². The lowest BCUT2D eigenvalue weighted by molar-refractivity contribution is 0.405. The molecule has 2 aromatic carbocycles. The van der Waals surface area contributed by atoms with Crippen LogP contribution in [-0.4, -0.2) is 49.2 Å². The summed E-state index contributed by atoms with van der Waals surface area (Å²) in [4.78, 5) is 11.5. The van der Waals surface area contributed by atoms with Crippen molar-refractivity contribution in [3.63, 3.8) is 0 Å². The molecule has 146 valence electrons. The summed E-state index contributed by atoms with van der Waals surface area (Å²) in [5.41, 5.74) is 2.84. The maximum Gasteiger partial charge on any atom is 0.229 e. The molecule has 0 atom stereocenters. The standard InChI is InChI=1S/C22H27N5O/c1-27(2)15-7-14-23-21-16-20(17-8-5-4-6-9-17)25-22(26-21)24-18-10-12-19(28-3)13-11-18/h4-6,8-13,16H,7,14-15H2,1-3H3,(H2,23,24,25,26). The van der Waals surface area contributed by atoms with Crippen molar-refractivity contribution in [3.05, 3.63) is 60.7 Å². The van der Waals surface area contributed by atoms with Gasteiger partial charge in [-0.3, -0.25) is 0 Å². The smallest absolute Gasteiger partial charge is 0.229 e. The first-order chi connectivity index (χ1) is 13.6. The van der Waals surface area contributed by atoms with E-state index in [1.807, 2.05) is 48.5 Å². The molecule has 0 fully saturated rings. The normalized spacial score (nSPS) is 10.7. The highest BCUT2D eigenvalue weighted by Crippen LogP contribution is 2.24. The van der Waals surface area contributed by atoms with Crippen molar-refractivity contribution < 1.29 is 4.74 Å². The predicted octanol–water partition coefficient (Wildman–Crippen LogP) is 4.26. The molecule has 0 saturated carbocycles. The second-order valence-electron chi connectivity index (χ2n) is 6.77. The van der Waals surface area contributed by atoms with Crippen LogP contribution in [0.1, 0.15) is 6.42 Å². The zero-order valence-corrected chi connectivity index (χ0v) is 16.6. The average Bonchev–Trinajstić information content (AvgIpc) is 2.72. The first-order valence-corrected chi connectivity index (χ1v) is 9.38. The molecule has 28 heavy (non-hydrogen) atoms. The highest BCUT2D eigenvalue weighted by Gasteiger charge is 2.07. The molecular formula is C22H27N5O. The van der Waals surface area contributed by atoms with Gasteiger partial charge in [0, 0.05) is 23.9 Å². The summed E-state index contributed by atoms with van der Waals surface area (Å²) in [6.07, 6.45) is 1.04. The Morgan fingerprint density at radius 1 is 0.964 bits per heavy atom. The van der Waals surface area contributed by atoms with Crippen molar-refractivity contribution in [2.75, 3.05) is 44.9 Å². The molecular weight excluding hydrogens is 350 g/mol. The van der Waals surface area contributed by atoms with Crippen molar-refractivity contribution in [2.24, 2.45) is 0 Å². The third-order valence-electron chi connectivity index (χ3n) is 4.23. The minimum absolute atomic E-state index is 0.557. The Morgan fingerprint density at radius 2 is 1.71 bits per heavy atom. The van der Waals surface area contributed by atoms with Gasteiger partial charge in [0.25, 0.3) is 0 Å². The maximum atomic E-state index is 5.21. The molecule has 1 heterocycles. The predicted molar refractivity (Wildman–Crippen MR) is 115 cm³/mol. The van der Waals surface area contributed by atoms with E-state index in [1.54, 1.807) is 7.11 Å². The maximum absolute atomic E-state index is 5.21. The minimum atomic E-state index is 0.557. The van der Waals surface area contributed by atoms with Gasteiger partial charge >= 0.3 is 0 Å². The Kier molecular flexibility index (Phi) is 6.81. The third-order valence-corrected chi connectivity index (χ3v) is 4.23. The van der Waals surface area contributed by atoms with Crippen LogP contribution in [0.4, 0.5) is 17.5 Å². The lowest BCUT2D eigenvalue weighted by Gasteiger charge is -2.13. The molecule has 0 spiro atoms. The minimum Gasteiger partial charge on any atom is -0.497 e. The van der Waals surface area contributed by atoms with Gasteiger partial charge in [-0.2, -0.15) is 4.98 Å². The fourth-order valence-electron chi connectivity index (χ4n) is 2.77. The lowest BCUT2D eigenvalue weighted by atomic mass is 10.1. The number of nitrogens with one attached hydrogen (secondary N) is 2. The van der Waals surface area contributed by atoms with Crippen LogP contribution >= 0.6 is 0 Å². The molecule has 0 aliphatic carbocycles. The van der Waals surface area contributed by atoms with Crippen LogP contribution in [-0.2, 0) is 0 Å². The number of hydrogen-bond donors (Lipinski definition) is 2. The van der Waals surface area contributed by atoms with Crippen LogP contribution in [0.2, 0.25) is 0 Å². The van der Waals surface area contributed by atoms with E-state index in [9.17, 15) is 0 Å². The Labute approximate surface area is 166 Å². The van der Waals surface area contributed by atoms with E-state index in [0.717, 1.165) is 48.0 Å². The van der Waals surface area contributed by atoms with Crippen LogP contribution in [0, 0.1) is 0 Å². The van der Waals surface area contributed by atoms with Gasteiger partial charge < -0.3 is 20.3 Å². The van der Waals surface area contributed by atoms with E-state index >= 15 is 0 Å². The summed E-state index contributed by atoms with van der Waals surface area (Å²) in [5, 5.41) is 6.71. The number of nitrogens with zero attached hydrogens (tertiary/aromatic N) is 3. The average molecular weight is 377 g/mol. The fraction of sp³-hybridized carbons (Fsp3) is 0.273. The van der Waals surface area contributed by atoms with E-state index in [2.05, 4.69) is 46.7 Å². The molecule has 0 amide bonds. The summed E-state index contributed by atoms with van der Waals surface area (Å²) in [5.74, 6) is 2.18. The van der Waals surface area contributed by atoms with Crippen molar-refractivity contribution in [1.82, 2.24) is 14.9 Å². The first-order valence-electron chi connectivity index (χ1n) is 9.38. The summed E-state index contributed by atoms with van der Waals surface area (Å²) in [6, 6.07) is 19.8. The SMILES string of the molecule is COc1ccc(Nc2nc(NCCCN(C)C)cc(-c3ccccc3)n2)cc1. The van der Waals surface area contributed by atoms with Crippen LogP contribution in [0.5, 0.6) is 5.75 Å². The van der Waals surface area contributed by atoms with Gasteiger partial charge in [-0.25, -0.2) is 4.98 Å². The summed E-state index contributed by atoms with van der Waals surface area (Å²) in [6.45, 7) is 1.88. The van der Waals surface area contributed by atoms with E-state index < -0.39 is 0 Å². The molecule has 0 aliphatic rings. The van der Waals surface area contributed by atoms with Gasteiger partial charge in [0.05, 0.1) is 12.8 Å². The molecule has 0 unspecified atom stereocenters. The number of aromatic nitrogens is 2. The number of methoxy groups -OCH3 is 1. The molecule has 0 saturated heterocycles. The molecule has 0 radical (unpaired) electrons. The molecule has 6 heteroatoms. The second-order valence-corrected chi connectivity index (χ2v) is 6.77. The van der Waals surface area contributed by atoms with Gasteiger partial charge in [0.1, 0.15) is 11.6 Å². The molecule has 1 aromatic heterocycles. The molecule has 3 aromatic rings. The summed E-state index contributed by atoms with van der Waals surface area (Å²) < 4.78 is 5.21. The Balaban J connectivity index is 1.81. The Hall–Kier alpha value is -3.12. The second kappa shape index (κ2) is 9.71. The third kappa shape index (κ3) is 5.69. The van der Waals surface area contributed by atoms with E-state index in [0.29, 0.717) is 5.95 Å². The monoisotopic (exact) mass is 377 g/mol. The lowest BCUT2D eigenvalue weighted by Crippen LogP contribution is -2.16. The Morgan fingerprint density at radius 3 is 2.39 bits per heavy atom. The number of rotatable bonds is 9. The molecule has 6 nitrogen and oxygen atoms in total. The molecule has 0 aliphatic heterocycles. The molecule has 2 N–H and O–H groups in total. The van der Waals surface area contributed by atoms with E-state index in [-0.39, 0.29) is 0 Å². The van der Waals surface area contributed by atoms with E-state index in [1.165, 1.54) is 0 Å². The van der Waals surface area contributed by atoms with Crippen molar-refractivity contribution in [3.8, 4) is 17.0 Å². The zero-order valence-electron chi connectivity index (χ0n) is 16.6. The van der Waals surface area contributed by atoms with Crippen molar-refractivity contribution in [1.29, 1.82) is 0 Å². The van der Waals surface area contributed by atoms with Gasteiger partial charge in [-0.1, -0.05) is 30.3 Å². The number of ether oxygens (including phenoxy) is 1. The van der Waals surface area contributed by atoms with Crippen LogP contribution in [0.15, 0.2) is 60.7 Å². The fourth-order valence-corrected chi connectivity index (χ4v) is 2.77. The number of anilines is 3. The Bertz CT molecular complexity index is 866. The van der Waals surface area contributed by atoms with Gasteiger partial charge in [0.15, 0.2) is 0 Å². The quantitative estimate of drug-likeness (QED) is 0.543. The van der Waals surface area contributed by atoms with Crippen molar-refractivity contribution in [2.45, 2.75) is 6.42 Å². The van der Waals surface area contributed by atoms with Crippen LogP contribution in [0.25, 0.3) is 11.3 Å². The largest absolute Gasteiger partial charge is 0.497 e. The number of benzene rings is 2. The van der Waals surface area contributed by atoms with Crippen LogP contribution < -0.4 is 15.4 Å². The van der Waals surface area contributed by atoms with E-state index in [4.69, 9.17) is 9.72 Å². The van der Waals surface area contributed by atoms with Gasteiger partial charge in [0.2, 0.25) is 5.95 Å². The van der Waals surface area contributed by atoms with Gasteiger partial charge in [-0.05, 0) is 51.3 Å². The van der Waals surface area contributed by atoms with Crippen molar-refractivity contribution >= 4 is 17.5 Å². The summed E-state index contributed by atoms with van der Waals surface area (Å²) >= 11 is 0. The highest BCUT2D eigenvalue weighted by atomic mass is 16.5. The number of hydrogen-bond acceptors (Lipinski definition) is 6. The zero-order chi connectivity index (χ0) is 19.8. The molecule has 3 rings (SSSR count). The first kappa shape index (κ1) is 19.6. The topological polar surface area (TPSA) is 62.3 Å². The summed E-state index contributed by atoms with van der Waals surface area (Å²) in [7, 11) is 5.81. The van der Waals surface area contributed by atoms with Gasteiger partial charge in [-0.15, -0.1) is 0 Å².